The van der Waals surface area contributed by atoms with Crippen LogP contribution in [0.15, 0.2) is 18.2 Å². The number of esters is 1. The van der Waals surface area contributed by atoms with E-state index < -0.39 is 5.97 Å². The molecule has 0 aliphatic rings. The molecule has 0 aliphatic carbocycles. The number of aromatic nitrogens is 1. The number of nitrogens with one attached hydrogen (secondary N) is 1. The van der Waals surface area contributed by atoms with E-state index in [4.69, 9.17) is 21.1 Å². The van der Waals surface area contributed by atoms with Crippen LogP contribution in [0.4, 0.5) is 5.69 Å². The first-order valence-corrected chi connectivity index (χ1v) is 10.7. The normalized spacial score (nSPS) is 10.8. The van der Waals surface area contributed by atoms with Gasteiger partial charge < -0.3 is 19.7 Å². The Kier molecular flexibility index (Phi) is 8.93. The quantitative estimate of drug-likeness (QED) is 0.417. The van der Waals surface area contributed by atoms with Crippen molar-refractivity contribution in [3.8, 4) is 11.6 Å². The van der Waals surface area contributed by atoms with Crippen LogP contribution in [0.25, 0.3) is 0 Å². The van der Waals surface area contributed by atoms with Crippen LogP contribution in [-0.2, 0) is 4.74 Å². The second-order valence-electron chi connectivity index (χ2n) is 7.25. The number of hydrogen-bond donors (Lipinski definition) is 1. The van der Waals surface area contributed by atoms with Gasteiger partial charge in [-0.25, -0.2) is 9.78 Å². The average molecular weight is 434 g/mol. The van der Waals surface area contributed by atoms with Crippen LogP contribution < -0.4 is 15.0 Å². The molecular weight excluding hydrogens is 402 g/mol. The van der Waals surface area contributed by atoms with Gasteiger partial charge in [-0.15, -0.1) is 0 Å². The number of ether oxygens (including phenoxy) is 2. The smallest absolute Gasteiger partial charge is 0.345 e. The maximum Gasteiger partial charge on any atom is 0.345 e. The summed E-state index contributed by atoms with van der Waals surface area (Å²) in [6, 6.07) is 5.57. The molecule has 0 fully saturated rings. The fourth-order valence-corrected chi connectivity index (χ4v) is 3.69. The van der Waals surface area contributed by atoms with Gasteiger partial charge in [-0.1, -0.05) is 18.5 Å². The van der Waals surface area contributed by atoms with Crippen molar-refractivity contribution in [3.05, 3.63) is 45.6 Å². The van der Waals surface area contributed by atoms with E-state index in [9.17, 15) is 4.79 Å². The van der Waals surface area contributed by atoms with Crippen molar-refractivity contribution in [2.45, 2.75) is 41.0 Å². The molecule has 1 heterocycles. The van der Waals surface area contributed by atoms with E-state index in [1.807, 2.05) is 39.0 Å². The van der Waals surface area contributed by atoms with Crippen molar-refractivity contribution >= 4 is 23.3 Å². The second-order valence-corrected chi connectivity index (χ2v) is 7.69. The largest absolute Gasteiger partial charge is 0.465 e. The lowest BCUT2D eigenvalue weighted by molar-refractivity contribution is 0.0597. The second kappa shape index (κ2) is 11.2. The van der Waals surface area contributed by atoms with Crippen LogP contribution in [-0.4, -0.2) is 44.2 Å². The zero-order chi connectivity index (χ0) is 22.3. The summed E-state index contributed by atoms with van der Waals surface area (Å²) < 4.78 is 11.3. The van der Waals surface area contributed by atoms with E-state index in [0.717, 1.165) is 55.1 Å². The van der Waals surface area contributed by atoms with Gasteiger partial charge in [-0.3, -0.25) is 0 Å². The summed E-state index contributed by atoms with van der Waals surface area (Å²) in [4.78, 5) is 19.4. The van der Waals surface area contributed by atoms with Gasteiger partial charge in [0.1, 0.15) is 11.3 Å². The average Bonchev–Trinajstić information content (AvgIpc) is 2.69. The molecule has 0 bridgehead atoms. The lowest BCUT2D eigenvalue weighted by Crippen LogP contribution is -2.33. The van der Waals surface area contributed by atoms with Crippen molar-refractivity contribution in [2.24, 2.45) is 0 Å². The molecule has 7 heteroatoms. The molecule has 0 amide bonds. The third-order valence-electron chi connectivity index (χ3n) is 4.81. The Morgan fingerprint density at radius 3 is 2.37 bits per heavy atom. The number of aryl methyl sites for hydroxylation is 3. The Labute approximate surface area is 184 Å². The van der Waals surface area contributed by atoms with Gasteiger partial charge in [-0.05, 0) is 70.0 Å². The number of hydrogen-bond acceptors (Lipinski definition) is 6. The summed E-state index contributed by atoms with van der Waals surface area (Å²) in [5.74, 6) is 0.406. The number of pyridine rings is 1. The van der Waals surface area contributed by atoms with Gasteiger partial charge in [0.25, 0.3) is 0 Å². The lowest BCUT2D eigenvalue weighted by Gasteiger charge is -2.26. The van der Waals surface area contributed by atoms with Crippen molar-refractivity contribution in [1.29, 1.82) is 0 Å². The van der Waals surface area contributed by atoms with Crippen LogP contribution in [0.2, 0.25) is 5.02 Å². The van der Waals surface area contributed by atoms with Gasteiger partial charge >= 0.3 is 5.97 Å². The molecule has 0 saturated carbocycles. The first-order valence-electron chi connectivity index (χ1n) is 10.3. The summed E-state index contributed by atoms with van der Waals surface area (Å²) in [6.45, 7) is 13.2. The van der Waals surface area contributed by atoms with Gasteiger partial charge in [-0.2, -0.15) is 0 Å². The van der Waals surface area contributed by atoms with Crippen molar-refractivity contribution < 1.29 is 14.3 Å². The summed E-state index contributed by atoms with van der Waals surface area (Å²) in [5.41, 5.74) is 3.59. The molecule has 0 unspecified atom stereocenters. The number of methoxy groups -OCH3 is 1. The first kappa shape index (κ1) is 24.0. The minimum Gasteiger partial charge on any atom is -0.465 e. The third-order valence-corrected chi connectivity index (χ3v) is 5.03. The molecule has 2 aromatic rings. The van der Waals surface area contributed by atoms with Crippen LogP contribution in [0.5, 0.6) is 11.6 Å². The van der Waals surface area contributed by atoms with Crippen molar-refractivity contribution in [3.63, 3.8) is 0 Å². The minimum absolute atomic E-state index is 0.241. The number of likely N-dealkylation sites (N-methyl/N-ethyl adjacent to an activating group) is 1. The number of carbonyl (C=O) groups excluding carboxylic acids is 1. The molecular formula is C23H32ClN3O3. The number of halogens is 1. The molecule has 0 saturated heterocycles. The molecule has 1 N–H and O–H groups in total. The van der Waals surface area contributed by atoms with E-state index in [-0.39, 0.29) is 5.88 Å². The maximum absolute atomic E-state index is 12.8. The molecule has 0 atom stereocenters. The Morgan fingerprint density at radius 1 is 1.13 bits per heavy atom. The van der Waals surface area contributed by atoms with Crippen LogP contribution in [0.1, 0.15) is 47.4 Å². The SMILES string of the molecule is CCCNCCN(CC)c1cc(C)nc(Oc2c(C)cc(Cl)cc2C)c1C(=O)OC. The summed E-state index contributed by atoms with van der Waals surface area (Å²) in [6.07, 6.45) is 1.08. The van der Waals surface area contributed by atoms with Gasteiger partial charge in [0, 0.05) is 30.4 Å². The zero-order valence-corrected chi connectivity index (χ0v) is 19.5. The van der Waals surface area contributed by atoms with Gasteiger partial charge in [0.05, 0.1) is 12.8 Å². The van der Waals surface area contributed by atoms with E-state index in [1.54, 1.807) is 0 Å². The number of nitrogens with zero attached hydrogens (tertiary/aromatic N) is 2. The molecule has 0 aliphatic heterocycles. The molecule has 30 heavy (non-hydrogen) atoms. The highest BCUT2D eigenvalue weighted by Crippen LogP contribution is 2.36. The van der Waals surface area contributed by atoms with Crippen LogP contribution in [0, 0.1) is 20.8 Å². The van der Waals surface area contributed by atoms with Crippen LogP contribution in [0.3, 0.4) is 0 Å². The number of benzene rings is 1. The summed E-state index contributed by atoms with van der Waals surface area (Å²) >= 11 is 6.15. The fraction of sp³-hybridized carbons (Fsp3) is 0.478. The first-order chi connectivity index (χ1) is 14.3. The van der Waals surface area contributed by atoms with Crippen molar-refractivity contribution in [1.82, 2.24) is 10.3 Å². The number of anilines is 1. The molecule has 2 rings (SSSR count). The standard InChI is InChI=1S/C23H32ClN3O3/c1-7-9-25-10-11-27(8-2)19-14-17(5)26-22(20(19)23(28)29-6)30-21-15(3)12-18(24)13-16(21)4/h12-14,25H,7-11H2,1-6H3. The summed E-state index contributed by atoms with van der Waals surface area (Å²) in [7, 11) is 1.37. The predicted molar refractivity (Wildman–Crippen MR) is 122 cm³/mol. The number of carbonyl (C=O) groups is 1. The molecule has 0 radical (unpaired) electrons. The molecule has 0 spiro atoms. The van der Waals surface area contributed by atoms with E-state index in [0.29, 0.717) is 16.3 Å². The van der Waals surface area contributed by atoms with E-state index in [1.165, 1.54) is 7.11 Å². The fourth-order valence-electron chi connectivity index (χ4n) is 3.36. The van der Waals surface area contributed by atoms with E-state index in [2.05, 4.69) is 29.0 Å². The van der Waals surface area contributed by atoms with Gasteiger partial charge in [0.2, 0.25) is 5.88 Å². The molecule has 1 aromatic heterocycles. The highest BCUT2D eigenvalue weighted by molar-refractivity contribution is 6.30. The molecule has 164 valence electrons. The minimum atomic E-state index is -0.475. The Balaban J connectivity index is 2.52. The molecule has 1 aromatic carbocycles. The highest BCUT2D eigenvalue weighted by Gasteiger charge is 2.25. The van der Waals surface area contributed by atoms with Crippen molar-refractivity contribution in [2.75, 3.05) is 38.2 Å². The maximum atomic E-state index is 12.8. The highest BCUT2D eigenvalue weighted by atomic mass is 35.5. The predicted octanol–water partition coefficient (Wildman–Crippen LogP) is 5.07. The Bertz CT molecular complexity index is 863. The third kappa shape index (κ3) is 5.86. The molecule has 6 nitrogen and oxygen atoms in total. The van der Waals surface area contributed by atoms with Crippen LogP contribution >= 0.6 is 11.6 Å². The zero-order valence-electron chi connectivity index (χ0n) is 18.8. The van der Waals surface area contributed by atoms with E-state index >= 15 is 0 Å². The topological polar surface area (TPSA) is 63.7 Å². The lowest BCUT2D eigenvalue weighted by atomic mass is 10.1. The van der Waals surface area contributed by atoms with Gasteiger partial charge in [0.15, 0.2) is 0 Å². The monoisotopic (exact) mass is 433 g/mol. The summed E-state index contributed by atoms with van der Waals surface area (Å²) in [5, 5.41) is 4.04. The number of rotatable bonds is 10. The Morgan fingerprint density at radius 2 is 1.80 bits per heavy atom. The Hall–Kier alpha value is -2.31.